The molecule has 5 rings (SSSR count). The normalized spacial score (nSPS) is 25.5. The second-order valence-corrected chi connectivity index (χ2v) is 9.86. The number of carbonyl (C=O) groups is 1. The minimum atomic E-state index is -3.74. The van der Waals surface area contributed by atoms with E-state index in [4.69, 9.17) is 4.52 Å². The van der Waals surface area contributed by atoms with Crippen LogP contribution in [0.3, 0.4) is 0 Å². The van der Waals surface area contributed by atoms with Crippen molar-refractivity contribution in [1.29, 1.82) is 0 Å². The molecule has 2 fully saturated rings. The standard InChI is InChI=1S/C20H23N3O4S/c1-12-20(13(2)27-21-12)28(25,26)22-8-7-17-18(22)11-19(24)23(17)16-9-14-5-3-4-6-15(14)10-16/h3-6,16-18H,7-11H2,1-2H3/t17-,18-/m0/s1. The predicted molar refractivity (Wildman–Crippen MR) is 101 cm³/mol. The van der Waals surface area contributed by atoms with Gasteiger partial charge in [0.2, 0.25) is 15.9 Å². The van der Waals surface area contributed by atoms with Crippen LogP contribution in [0, 0.1) is 13.8 Å². The Kier molecular flexibility index (Phi) is 3.93. The molecule has 148 valence electrons. The summed E-state index contributed by atoms with van der Waals surface area (Å²) in [6, 6.07) is 8.07. The van der Waals surface area contributed by atoms with Gasteiger partial charge in [-0.3, -0.25) is 4.79 Å². The van der Waals surface area contributed by atoms with Crippen molar-refractivity contribution in [1.82, 2.24) is 14.4 Å². The second kappa shape index (κ2) is 6.15. The van der Waals surface area contributed by atoms with Crippen LogP contribution in [-0.2, 0) is 27.7 Å². The van der Waals surface area contributed by atoms with E-state index in [1.54, 1.807) is 13.8 Å². The number of sulfonamides is 1. The van der Waals surface area contributed by atoms with E-state index < -0.39 is 10.0 Å². The van der Waals surface area contributed by atoms with E-state index in [1.807, 2.05) is 17.0 Å². The molecule has 0 saturated carbocycles. The van der Waals surface area contributed by atoms with Gasteiger partial charge in [0.15, 0.2) is 5.76 Å². The molecule has 1 aromatic heterocycles. The maximum atomic E-state index is 13.3. The highest BCUT2D eigenvalue weighted by atomic mass is 32.2. The van der Waals surface area contributed by atoms with E-state index >= 15 is 0 Å². The van der Waals surface area contributed by atoms with Crippen molar-refractivity contribution >= 4 is 15.9 Å². The Balaban J connectivity index is 1.43. The first-order valence-corrected chi connectivity index (χ1v) is 11.1. The van der Waals surface area contributed by atoms with Gasteiger partial charge in [-0.05, 0) is 44.2 Å². The Hall–Kier alpha value is -2.19. The third kappa shape index (κ3) is 2.47. The molecular formula is C20H23N3O4S. The molecule has 1 amide bonds. The highest BCUT2D eigenvalue weighted by Crippen LogP contribution is 2.40. The Bertz CT molecular complexity index is 1020. The molecule has 2 aliphatic heterocycles. The lowest BCUT2D eigenvalue weighted by atomic mass is 10.1. The van der Waals surface area contributed by atoms with E-state index in [9.17, 15) is 13.2 Å². The number of hydrogen-bond donors (Lipinski definition) is 0. The quantitative estimate of drug-likeness (QED) is 0.783. The minimum absolute atomic E-state index is 0.0536. The number of aryl methyl sites for hydroxylation is 2. The Morgan fingerprint density at radius 1 is 1.07 bits per heavy atom. The molecule has 2 saturated heterocycles. The summed E-state index contributed by atoms with van der Waals surface area (Å²) in [5, 5.41) is 3.80. The summed E-state index contributed by atoms with van der Waals surface area (Å²) in [6.07, 6.45) is 2.62. The lowest BCUT2D eigenvalue weighted by Gasteiger charge is -2.30. The molecular weight excluding hydrogens is 378 g/mol. The SMILES string of the molecule is Cc1noc(C)c1S(=O)(=O)N1CC[C@H]2[C@@H]1CC(=O)N2C1Cc2ccccc2C1. The monoisotopic (exact) mass is 401 g/mol. The van der Waals surface area contributed by atoms with E-state index in [0.29, 0.717) is 24.4 Å². The molecule has 0 bridgehead atoms. The summed E-state index contributed by atoms with van der Waals surface area (Å²) in [6.45, 7) is 3.67. The molecule has 0 radical (unpaired) electrons. The lowest BCUT2D eigenvalue weighted by Crippen LogP contribution is -2.45. The maximum Gasteiger partial charge on any atom is 0.248 e. The maximum absolute atomic E-state index is 13.3. The molecule has 28 heavy (non-hydrogen) atoms. The first-order valence-electron chi connectivity index (χ1n) is 9.70. The molecule has 1 aliphatic carbocycles. The van der Waals surface area contributed by atoms with Gasteiger partial charge in [0, 0.05) is 19.0 Å². The first-order chi connectivity index (χ1) is 13.4. The van der Waals surface area contributed by atoms with Crippen LogP contribution in [0.25, 0.3) is 0 Å². The molecule has 1 aromatic carbocycles. The molecule has 7 nitrogen and oxygen atoms in total. The summed E-state index contributed by atoms with van der Waals surface area (Å²) >= 11 is 0. The number of nitrogens with zero attached hydrogens (tertiary/aromatic N) is 3. The zero-order chi connectivity index (χ0) is 19.6. The van der Waals surface area contributed by atoms with E-state index in [2.05, 4.69) is 17.3 Å². The molecule has 2 aromatic rings. The summed E-state index contributed by atoms with van der Waals surface area (Å²) in [5.74, 6) is 0.361. The zero-order valence-corrected chi connectivity index (χ0v) is 16.8. The van der Waals surface area contributed by atoms with Crippen molar-refractivity contribution in [3.8, 4) is 0 Å². The van der Waals surface area contributed by atoms with Crippen LogP contribution < -0.4 is 0 Å². The van der Waals surface area contributed by atoms with Gasteiger partial charge in [-0.15, -0.1) is 0 Å². The van der Waals surface area contributed by atoms with Gasteiger partial charge in [-0.1, -0.05) is 29.4 Å². The third-order valence-corrected chi connectivity index (χ3v) is 8.62. The number of rotatable bonds is 3. The zero-order valence-electron chi connectivity index (χ0n) is 16.0. The Labute approximate surface area is 164 Å². The van der Waals surface area contributed by atoms with Gasteiger partial charge >= 0.3 is 0 Å². The second-order valence-electron chi connectivity index (χ2n) is 8.03. The van der Waals surface area contributed by atoms with Crippen molar-refractivity contribution in [3.05, 3.63) is 46.8 Å². The van der Waals surface area contributed by atoms with Gasteiger partial charge in [-0.2, -0.15) is 4.31 Å². The van der Waals surface area contributed by atoms with Gasteiger partial charge in [0.05, 0.1) is 12.1 Å². The first kappa shape index (κ1) is 17.9. The topological polar surface area (TPSA) is 83.7 Å². The largest absolute Gasteiger partial charge is 0.360 e. The number of fused-ring (bicyclic) bond motifs is 2. The van der Waals surface area contributed by atoms with E-state index in [-0.39, 0.29) is 35.3 Å². The molecule has 0 N–H and O–H groups in total. The van der Waals surface area contributed by atoms with Crippen LogP contribution in [0.1, 0.15) is 35.4 Å². The number of likely N-dealkylation sites (tertiary alicyclic amines) is 1. The van der Waals surface area contributed by atoms with E-state index in [0.717, 1.165) is 12.8 Å². The number of hydrogen-bond acceptors (Lipinski definition) is 5. The Morgan fingerprint density at radius 3 is 2.36 bits per heavy atom. The van der Waals surface area contributed by atoms with Crippen LogP contribution in [0.4, 0.5) is 0 Å². The van der Waals surface area contributed by atoms with Crippen molar-refractivity contribution in [2.75, 3.05) is 6.54 Å². The van der Waals surface area contributed by atoms with Crippen LogP contribution in [-0.4, -0.2) is 53.4 Å². The van der Waals surface area contributed by atoms with Gasteiger partial charge < -0.3 is 9.42 Å². The fraction of sp³-hybridized carbons (Fsp3) is 0.500. The summed E-state index contributed by atoms with van der Waals surface area (Å²) in [5.41, 5.74) is 2.96. The number of benzene rings is 1. The molecule has 0 unspecified atom stereocenters. The van der Waals surface area contributed by atoms with Crippen molar-refractivity contribution < 1.29 is 17.7 Å². The van der Waals surface area contributed by atoms with Crippen LogP contribution in [0.2, 0.25) is 0 Å². The average Bonchev–Trinajstić information content (AvgIpc) is 3.37. The fourth-order valence-corrected chi connectivity index (χ4v) is 7.27. The Morgan fingerprint density at radius 2 is 1.75 bits per heavy atom. The lowest BCUT2D eigenvalue weighted by molar-refractivity contribution is -0.131. The molecule has 0 spiro atoms. The third-order valence-electron chi connectivity index (χ3n) is 6.45. The van der Waals surface area contributed by atoms with Crippen LogP contribution in [0.15, 0.2) is 33.7 Å². The van der Waals surface area contributed by atoms with Crippen molar-refractivity contribution in [3.63, 3.8) is 0 Å². The summed E-state index contributed by atoms with van der Waals surface area (Å²) < 4.78 is 33.2. The van der Waals surface area contributed by atoms with Gasteiger partial charge in [0.25, 0.3) is 0 Å². The number of amides is 1. The highest BCUT2D eigenvalue weighted by molar-refractivity contribution is 7.89. The average molecular weight is 401 g/mol. The summed E-state index contributed by atoms with van der Waals surface area (Å²) in [4.78, 5) is 15.0. The van der Waals surface area contributed by atoms with Crippen molar-refractivity contribution in [2.24, 2.45) is 0 Å². The van der Waals surface area contributed by atoms with Crippen molar-refractivity contribution in [2.45, 2.75) is 62.6 Å². The smallest absolute Gasteiger partial charge is 0.248 e. The van der Waals surface area contributed by atoms with Crippen LogP contribution >= 0.6 is 0 Å². The number of aromatic nitrogens is 1. The fourth-order valence-electron chi connectivity index (χ4n) is 5.31. The number of carbonyl (C=O) groups excluding carboxylic acids is 1. The molecule has 3 aliphatic rings. The highest BCUT2D eigenvalue weighted by Gasteiger charge is 2.53. The van der Waals surface area contributed by atoms with Gasteiger partial charge in [-0.25, -0.2) is 8.42 Å². The molecule has 2 atom stereocenters. The molecule has 3 heterocycles. The van der Waals surface area contributed by atoms with Gasteiger partial charge in [0.1, 0.15) is 10.6 Å². The predicted octanol–water partition coefficient (Wildman–Crippen LogP) is 1.82. The van der Waals surface area contributed by atoms with E-state index in [1.165, 1.54) is 15.4 Å². The minimum Gasteiger partial charge on any atom is -0.360 e. The summed E-state index contributed by atoms with van der Waals surface area (Å²) in [7, 11) is -3.74. The van der Waals surface area contributed by atoms with Crippen LogP contribution in [0.5, 0.6) is 0 Å². The molecule has 8 heteroatoms.